The van der Waals surface area contributed by atoms with E-state index in [2.05, 4.69) is 41.5 Å². The molecular weight excluding hydrogens is 212 g/mol. The Morgan fingerprint density at radius 2 is 1.59 bits per heavy atom. The number of ether oxygens (including phenoxy) is 1. The molecule has 1 heterocycles. The van der Waals surface area contributed by atoms with Crippen molar-refractivity contribution in [1.82, 2.24) is 0 Å². The molecule has 0 aromatic rings. The number of hydrogen-bond acceptors (Lipinski definition) is 2. The molecule has 0 spiro atoms. The zero-order valence-electron chi connectivity index (χ0n) is 12.3. The Bertz CT molecular complexity index is 317. The summed E-state index contributed by atoms with van der Waals surface area (Å²) in [7, 11) is 0. The maximum Gasteiger partial charge on any atom is 0.0754 e. The number of rotatable bonds is 1. The summed E-state index contributed by atoms with van der Waals surface area (Å²) in [5, 5.41) is 11.2. The van der Waals surface area contributed by atoms with Gasteiger partial charge in [0.15, 0.2) is 0 Å². The molecule has 2 aliphatic rings. The van der Waals surface area contributed by atoms with E-state index in [1.54, 1.807) is 0 Å². The maximum absolute atomic E-state index is 11.2. The van der Waals surface area contributed by atoms with Crippen LogP contribution in [0.5, 0.6) is 0 Å². The minimum absolute atomic E-state index is 0.0126. The van der Waals surface area contributed by atoms with Crippen molar-refractivity contribution in [1.29, 1.82) is 0 Å². The highest BCUT2D eigenvalue weighted by atomic mass is 16.5. The van der Waals surface area contributed by atoms with Gasteiger partial charge in [-0.1, -0.05) is 13.8 Å². The monoisotopic (exact) mass is 240 g/mol. The molecule has 100 valence electrons. The third kappa shape index (κ3) is 1.94. The second-order valence-corrected chi connectivity index (χ2v) is 7.88. The van der Waals surface area contributed by atoms with Gasteiger partial charge in [0.05, 0.1) is 16.8 Å². The Labute approximate surface area is 106 Å². The van der Waals surface area contributed by atoms with Gasteiger partial charge in [-0.05, 0) is 58.8 Å². The molecule has 0 radical (unpaired) electrons. The summed E-state index contributed by atoms with van der Waals surface area (Å²) in [4.78, 5) is 0. The molecule has 0 aromatic carbocycles. The quantitative estimate of drug-likeness (QED) is 0.760. The van der Waals surface area contributed by atoms with Crippen molar-refractivity contribution in [2.45, 2.75) is 84.0 Å². The van der Waals surface area contributed by atoms with E-state index in [-0.39, 0.29) is 22.5 Å². The topological polar surface area (TPSA) is 29.5 Å². The third-order valence-electron chi connectivity index (χ3n) is 5.18. The Morgan fingerprint density at radius 1 is 1.00 bits per heavy atom. The fourth-order valence-corrected chi connectivity index (χ4v) is 4.31. The molecule has 1 saturated carbocycles. The first-order valence-electron chi connectivity index (χ1n) is 6.93. The van der Waals surface area contributed by atoms with Gasteiger partial charge < -0.3 is 9.84 Å². The van der Waals surface area contributed by atoms with Gasteiger partial charge >= 0.3 is 0 Å². The van der Waals surface area contributed by atoms with Crippen molar-refractivity contribution in [2.75, 3.05) is 0 Å². The van der Waals surface area contributed by atoms with Gasteiger partial charge in [-0.3, -0.25) is 0 Å². The second-order valence-electron chi connectivity index (χ2n) is 7.88. The molecule has 2 nitrogen and oxygen atoms in total. The van der Waals surface area contributed by atoms with Crippen molar-refractivity contribution in [3.8, 4) is 0 Å². The van der Waals surface area contributed by atoms with Crippen LogP contribution in [0.2, 0.25) is 0 Å². The van der Waals surface area contributed by atoms with Crippen LogP contribution < -0.4 is 0 Å². The molecular formula is C15H28O2. The van der Waals surface area contributed by atoms with E-state index in [9.17, 15) is 5.11 Å². The first-order chi connectivity index (χ1) is 7.50. The summed E-state index contributed by atoms with van der Waals surface area (Å²) >= 11 is 0. The van der Waals surface area contributed by atoms with Gasteiger partial charge in [-0.25, -0.2) is 0 Å². The smallest absolute Gasteiger partial charge is 0.0754 e. The highest BCUT2D eigenvalue weighted by Gasteiger charge is 2.61. The average molecular weight is 240 g/mol. The molecule has 2 heteroatoms. The molecule has 1 aliphatic carbocycles. The molecule has 2 atom stereocenters. The van der Waals surface area contributed by atoms with Crippen molar-refractivity contribution in [2.24, 2.45) is 11.3 Å². The summed E-state index contributed by atoms with van der Waals surface area (Å²) in [6.45, 7) is 13.0. The third-order valence-corrected chi connectivity index (χ3v) is 5.18. The van der Waals surface area contributed by atoms with E-state index in [0.717, 1.165) is 25.7 Å². The van der Waals surface area contributed by atoms with Gasteiger partial charge in [0, 0.05) is 5.92 Å². The van der Waals surface area contributed by atoms with E-state index >= 15 is 0 Å². The van der Waals surface area contributed by atoms with E-state index in [0.29, 0.717) is 0 Å². The van der Waals surface area contributed by atoms with Crippen LogP contribution >= 0.6 is 0 Å². The van der Waals surface area contributed by atoms with Crippen LogP contribution in [0.3, 0.4) is 0 Å². The molecule has 1 saturated heterocycles. The predicted molar refractivity (Wildman–Crippen MR) is 69.9 cm³/mol. The zero-order chi connectivity index (χ0) is 13.1. The molecule has 1 N–H and O–H groups in total. The Morgan fingerprint density at radius 3 is 1.94 bits per heavy atom. The molecule has 1 aliphatic heterocycles. The summed E-state index contributed by atoms with van der Waals surface area (Å²) in [5.74, 6) is 0.238. The normalized spacial score (nSPS) is 42.9. The molecule has 0 bridgehead atoms. The van der Waals surface area contributed by atoms with E-state index in [1.807, 2.05) is 0 Å². The SMILES string of the molecule is CC1(C)CC(C2(O)CCCC2(C)C)C(C)(C)O1. The molecule has 17 heavy (non-hydrogen) atoms. The van der Waals surface area contributed by atoms with Gasteiger partial charge in [0.25, 0.3) is 0 Å². The fourth-order valence-electron chi connectivity index (χ4n) is 4.31. The van der Waals surface area contributed by atoms with E-state index < -0.39 is 5.60 Å². The zero-order valence-corrected chi connectivity index (χ0v) is 12.3. The first-order valence-corrected chi connectivity index (χ1v) is 6.93. The van der Waals surface area contributed by atoms with E-state index in [4.69, 9.17) is 4.74 Å². The van der Waals surface area contributed by atoms with Crippen LogP contribution in [0.4, 0.5) is 0 Å². The lowest BCUT2D eigenvalue weighted by atomic mass is 9.64. The van der Waals surface area contributed by atoms with Crippen molar-refractivity contribution in [3.63, 3.8) is 0 Å². The van der Waals surface area contributed by atoms with Crippen LogP contribution in [0.25, 0.3) is 0 Å². The van der Waals surface area contributed by atoms with Crippen LogP contribution in [-0.2, 0) is 4.74 Å². The highest BCUT2D eigenvalue weighted by Crippen LogP contribution is 2.58. The van der Waals surface area contributed by atoms with Gasteiger partial charge in [-0.15, -0.1) is 0 Å². The lowest BCUT2D eigenvalue weighted by Gasteiger charge is -2.46. The predicted octanol–water partition coefficient (Wildman–Crippen LogP) is 3.52. The second kappa shape index (κ2) is 3.48. The Hall–Kier alpha value is -0.0800. The maximum atomic E-state index is 11.2. The van der Waals surface area contributed by atoms with Crippen molar-refractivity contribution >= 4 is 0 Å². The number of hydrogen-bond donors (Lipinski definition) is 1. The van der Waals surface area contributed by atoms with Gasteiger partial charge in [-0.2, -0.15) is 0 Å². The minimum Gasteiger partial charge on any atom is -0.389 e. The van der Waals surface area contributed by atoms with Crippen molar-refractivity contribution < 1.29 is 9.84 Å². The van der Waals surface area contributed by atoms with Gasteiger partial charge in [0.1, 0.15) is 0 Å². The summed E-state index contributed by atoms with van der Waals surface area (Å²) in [6, 6.07) is 0. The van der Waals surface area contributed by atoms with Crippen LogP contribution in [-0.4, -0.2) is 21.9 Å². The van der Waals surface area contributed by atoms with E-state index in [1.165, 1.54) is 0 Å². The molecule has 2 unspecified atom stereocenters. The number of aliphatic hydroxyl groups is 1. The highest BCUT2D eigenvalue weighted by molar-refractivity contribution is 5.11. The summed E-state index contributed by atoms with van der Waals surface area (Å²) in [6.07, 6.45) is 4.14. The minimum atomic E-state index is -0.565. The molecule has 2 rings (SSSR count). The first kappa shape index (κ1) is 13.4. The largest absolute Gasteiger partial charge is 0.389 e. The Kier molecular flexibility index (Phi) is 2.73. The van der Waals surface area contributed by atoms with Crippen LogP contribution in [0.15, 0.2) is 0 Å². The lowest BCUT2D eigenvalue weighted by Crippen LogP contribution is -2.52. The van der Waals surface area contributed by atoms with Crippen LogP contribution in [0, 0.1) is 11.3 Å². The van der Waals surface area contributed by atoms with Gasteiger partial charge in [0.2, 0.25) is 0 Å². The average Bonchev–Trinajstić information content (AvgIpc) is 2.48. The van der Waals surface area contributed by atoms with Crippen molar-refractivity contribution in [3.05, 3.63) is 0 Å². The fraction of sp³-hybridized carbons (Fsp3) is 1.00. The standard InChI is InChI=1S/C15H28O2/c1-12(2)8-7-9-15(12,16)11-10-13(3,4)17-14(11,5)6/h11,16H,7-10H2,1-6H3. The van der Waals surface area contributed by atoms with Crippen LogP contribution in [0.1, 0.15) is 67.2 Å². The summed E-state index contributed by atoms with van der Waals surface area (Å²) in [5.41, 5.74) is -0.884. The lowest BCUT2D eigenvalue weighted by molar-refractivity contribution is -0.144. The summed E-state index contributed by atoms with van der Waals surface area (Å²) < 4.78 is 6.16. The molecule has 0 amide bonds. The molecule has 0 aromatic heterocycles. The Balaban J connectivity index is 2.34. The molecule has 2 fully saturated rings.